The van der Waals surface area contributed by atoms with Gasteiger partial charge in [0, 0.05) is 24.2 Å². The fraction of sp³-hybridized carbons (Fsp3) is 0.300. The summed E-state index contributed by atoms with van der Waals surface area (Å²) in [5, 5.41) is 30.3. The molecule has 0 radical (unpaired) electrons. The van der Waals surface area contributed by atoms with Gasteiger partial charge in [-0.2, -0.15) is 0 Å². The van der Waals surface area contributed by atoms with E-state index in [1.807, 2.05) is 0 Å². The zero-order valence-corrected chi connectivity index (χ0v) is 8.87. The first-order chi connectivity index (χ1) is 8.04. The molecule has 0 bridgehead atoms. The van der Waals surface area contributed by atoms with Crippen molar-refractivity contribution in [3.8, 4) is 0 Å². The van der Waals surface area contributed by atoms with Crippen molar-refractivity contribution in [2.75, 3.05) is 13.2 Å². The summed E-state index contributed by atoms with van der Waals surface area (Å²) in [6.07, 6.45) is -1.02. The number of benzene rings is 1. The van der Waals surface area contributed by atoms with Crippen molar-refractivity contribution in [2.45, 2.75) is 6.10 Å². The Kier molecular flexibility index (Phi) is 4.56. The molecule has 1 aromatic rings. The number of aliphatic hydroxyl groups is 2. The molecule has 0 heterocycles. The Hall–Kier alpha value is -1.99. The van der Waals surface area contributed by atoms with Crippen LogP contribution in [0.1, 0.15) is 10.4 Å². The van der Waals surface area contributed by atoms with Crippen molar-refractivity contribution in [1.82, 2.24) is 5.32 Å². The predicted octanol–water partition coefficient (Wildman–Crippen LogP) is -0.322. The number of nitrogens with one attached hydrogen (secondary N) is 1. The van der Waals surface area contributed by atoms with E-state index in [1.54, 1.807) is 0 Å². The van der Waals surface area contributed by atoms with Gasteiger partial charge in [0.15, 0.2) is 0 Å². The van der Waals surface area contributed by atoms with E-state index in [1.165, 1.54) is 24.3 Å². The van der Waals surface area contributed by atoms with Gasteiger partial charge in [0.2, 0.25) is 0 Å². The van der Waals surface area contributed by atoms with Crippen molar-refractivity contribution in [2.24, 2.45) is 0 Å². The molecule has 7 heteroatoms. The molecule has 1 rings (SSSR count). The summed E-state index contributed by atoms with van der Waals surface area (Å²) in [4.78, 5) is 21.3. The lowest BCUT2D eigenvalue weighted by molar-refractivity contribution is -0.384. The van der Waals surface area contributed by atoms with E-state index in [0.717, 1.165) is 0 Å². The number of carbonyl (C=O) groups excluding carboxylic acids is 1. The van der Waals surface area contributed by atoms with Gasteiger partial charge in [0.1, 0.15) is 0 Å². The minimum Gasteiger partial charge on any atom is -0.394 e. The highest BCUT2D eigenvalue weighted by molar-refractivity contribution is 5.94. The second-order valence-electron chi connectivity index (χ2n) is 3.35. The number of aliphatic hydroxyl groups excluding tert-OH is 2. The molecule has 0 saturated heterocycles. The molecule has 0 fully saturated rings. The van der Waals surface area contributed by atoms with Crippen LogP contribution in [0.25, 0.3) is 0 Å². The number of hydrogen-bond donors (Lipinski definition) is 3. The maximum Gasteiger partial charge on any atom is 0.269 e. The topological polar surface area (TPSA) is 113 Å². The van der Waals surface area contributed by atoms with Gasteiger partial charge in [-0.3, -0.25) is 14.9 Å². The number of non-ortho nitro benzene ring substituents is 1. The summed E-state index contributed by atoms with van der Waals surface area (Å²) in [5.41, 5.74) is 0.151. The van der Waals surface area contributed by atoms with E-state index >= 15 is 0 Å². The summed E-state index contributed by atoms with van der Waals surface area (Å²) in [5.74, 6) is -0.465. The largest absolute Gasteiger partial charge is 0.394 e. The smallest absolute Gasteiger partial charge is 0.269 e. The van der Waals surface area contributed by atoms with E-state index in [9.17, 15) is 14.9 Å². The molecule has 0 aromatic heterocycles. The van der Waals surface area contributed by atoms with Crippen molar-refractivity contribution in [1.29, 1.82) is 0 Å². The van der Waals surface area contributed by atoms with Crippen LogP contribution in [0, 0.1) is 10.1 Å². The first-order valence-corrected chi connectivity index (χ1v) is 4.86. The van der Waals surface area contributed by atoms with E-state index in [-0.39, 0.29) is 17.8 Å². The number of amides is 1. The Bertz CT molecular complexity index is 404. The maximum absolute atomic E-state index is 11.5. The quantitative estimate of drug-likeness (QED) is 0.482. The van der Waals surface area contributed by atoms with Crippen LogP contribution < -0.4 is 5.32 Å². The van der Waals surface area contributed by atoms with Crippen LogP contribution in [0.15, 0.2) is 24.3 Å². The number of carbonyl (C=O) groups is 1. The number of nitro groups is 1. The molecular formula is C10H12N2O5. The summed E-state index contributed by atoms with van der Waals surface area (Å²) >= 11 is 0. The van der Waals surface area contributed by atoms with Gasteiger partial charge in [-0.15, -0.1) is 0 Å². The second kappa shape index (κ2) is 5.92. The van der Waals surface area contributed by atoms with E-state index < -0.39 is 23.5 Å². The van der Waals surface area contributed by atoms with Gasteiger partial charge >= 0.3 is 0 Å². The standard InChI is InChI=1S/C10H12N2O5/c13-6-9(14)5-11-10(15)7-1-3-8(4-2-7)12(16)17/h1-4,9,13-14H,5-6H2,(H,11,15)/t9-/m1/s1. The molecule has 1 atom stereocenters. The molecule has 0 aliphatic carbocycles. The van der Waals surface area contributed by atoms with E-state index in [2.05, 4.69) is 5.32 Å². The number of hydrogen-bond acceptors (Lipinski definition) is 5. The van der Waals surface area contributed by atoms with Gasteiger partial charge < -0.3 is 15.5 Å². The molecule has 0 unspecified atom stereocenters. The van der Waals surface area contributed by atoms with Crippen LogP contribution in [0.3, 0.4) is 0 Å². The molecular weight excluding hydrogens is 228 g/mol. The average molecular weight is 240 g/mol. The third-order valence-electron chi connectivity index (χ3n) is 2.05. The van der Waals surface area contributed by atoms with Gasteiger partial charge in [-0.1, -0.05) is 0 Å². The molecule has 7 nitrogen and oxygen atoms in total. The van der Waals surface area contributed by atoms with Crippen LogP contribution in [0.2, 0.25) is 0 Å². The fourth-order valence-corrected chi connectivity index (χ4v) is 1.11. The van der Waals surface area contributed by atoms with Crippen molar-refractivity contribution < 1.29 is 19.9 Å². The molecule has 92 valence electrons. The van der Waals surface area contributed by atoms with Crippen LogP contribution in [-0.4, -0.2) is 40.3 Å². The highest BCUT2D eigenvalue weighted by Gasteiger charge is 2.10. The first-order valence-electron chi connectivity index (χ1n) is 4.86. The van der Waals surface area contributed by atoms with Crippen LogP contribution >= 0.6 is 0 Å². The SMILES string of the molecule is O=C(NC[C@@H](O)CO)c1ccc([N+](=O)[O-])cc1. The Labute approximate surface area is 96.8 Å². The summed E-state index contributed by atoms with van der Waals surface area (Å²) in [6, 6.07) is 5.08. The van der Waals surface area contributed by atoms with Gasteiger partial charge in [-0.25, -0.2) is 0 Å². The molecule has 17 heavy (non-hydrogen) atoms. The molecule has 0 spiro atoms. The molecule has 0 aliphatic heterocycles. The highest BCUT2D eigenvalue weighted by atomic mass is 16.6. The molecule has 0 aliphatic rings. The lowest BCUT2D eigenvalue weighted by atomic mass is 10.2. The summed E-state index contributed by atoms with van der Waals surface area (Å²) < 4.78 is 0. The Morgan fingerprint density at radius 3 is 2.47 bits per heavy atom. The molecule has 0 saturated carbocycles. The van der Waals surface area contributed by atoms with Crippen molar-refractivity contribution in [3.63, 3.8) is 0 Å². The zero-order valence-electron chi connectivity index (χ0n) is 8.87. The summed E-state index contributed by atoms with van der Waals surface area (Å²) in [7, 11) is 0. The van der Waals surface area contributed by atoms with Crippen molar-refractivity contribution >= 4 is 11.6 Å². The normalized spacial score (nSPS) is 11.9. The highest BCUT2D eigenvalue weighted by Crippen LogP contribution is 2.11. The van der Waals surface area contributed by atoms with E-state index in [4.69, 9.17) is 10.2 Å². The second-order valence-corrected chi connectivity index (χ2v) is 3.35. The Morgan fingerprint density at radius 1 is 1.41 bits per heavy atom. The first kappa shape index (κ1) is 13.1. The molecule has 1 aromatic carbocycles. The maximum atomic E-state index is 11.5. The van der Waals surface area contributed by atoms with Crippen molar-refractivity contribution in [3.05, 3.63) is 39.9 Å². The third kappa shape index (κ3) is 3.82. The lowest BCUT2D eigenvalue weighted by Gasteiger charge is -2.08. The Balaban J connectivity index is 2.61. The number of nitrogens with zero attached hydrogens (tertiary/aromatic N) is 1. The fourth-order valence-electron chi connectivity index (χ4n) is 1.11. The number of nitro benzene ring substituents is 1. The molecule has 3 N–H and O–H groups in total. The van der Waals surface area contributed by atoms with E-state index in [0.29, 0.717) is 0 Å². The van der Waals surface area contributed by atoms with Crippen LogP contribution in [-0.2, 0) is 0 Å². The molecule has 1 amide bonds. The van der Waals surface area contributed by atoms with Crippen LogP contribution in [0.4, 0.5) is 5.69 Å². The van der Waals surface area contributed by atoms with Gasteiger partial charge in [-0.05, 0) is 12.1 Å². The summed E-state index contributed by atoms with van der Waals surface area (Å²) in [6.45, 7) is -0.521. The Morgan fingerprint density at radius 2 is 2.00 bits per heavy atom. The van der Waals surface area contributed by atoms with Gasteiger partial charge in [0.25, 0.3) is 11.6 Å². The third-order valence-corrected chi connectivity index (χ3v) is 2.05. The minimum absolute atomic E-state index is 0.0771. The number of rotatable bonds is 5. The monoisotopic (exact) mass is 240 g/mol. The lowest BCUT2D eigenvalue weighted by Crippen LogP contribution is -2.33. The van der Waals surface area contributed by atoms with Gasteiger partial charge in [0.05, 0.1) is 17.6 Å². The zero-order chi connectivity index (χ0) is 12.8. The predicted molar refractivity (Wildman–Crippen MR) is 58.5 cm³/mol. The minimum atomic E-state index is -1.02. The van der Waals surface area contributed by atoms with Crippen LogP contribution in [0.5, 0.6) is 0 Å². The average Bonchev–Trinajstić information content (AvgIpc) is 2.35.